The average Bonchev–Trinajstić information content (AvgIpc) is 3.29. The smallest absolute Gasteiger partial charge is 0.351 e. The average molecular weight is 418 g/mol. The van der Waals surface area contributed by atoms with Crippen molar-refractivity contribution in [1.82, 2.24) is 30.1 Å². The van der Waals surface area contributed by atoms with Gasteiger partial charge in [0.05, 0.1) is 12.1 Å². The van der Waals surface area contributed by atoms with Gasteiger partial charge in [-0.1, -0.05) is 30.0 Å². The van der Waals surface area contributed by atoms with Crippen LogP contribution in [0.5, 0.6) is 0 Å². The molecular weight excluding hydrogens is 401 g/mol. The van der Waals surface area contributed by atoms with E-state index in [1.165, 1.54) is 12.1 Å². The molecule has 2 aromatic heterocycles. The van der Waals surface area contributed by atoms with Crippen molar-refractivity contribution in [2.75, 3.05) is 0 Å². The van der Waals surface area contributed by atoms with Gasteiger partial charge in [0, 0.05) is 24.6 Å². The van der Waals surface area contributed by atoms with E-state index in [2.05, 4.69) is 30.8 Å². The highest BCUT2D eigenvalue weighted by Crippen LogP contribution is 2.42. The molecule has 0 bridgehead atoms. The monoisotopic (exact) mass is 418 g/mol. The third-order valence-electron chi connectivity index (χ3n) is 4.57. The van der Waals surface area contributed by atoms with Crippen molar-refractivity contribution in [1.29, 1.82) is 0 Å². The zero-order valence-electron chi connectivity index (χ0n) is 15.4. The molecule has 0 fully saturated rings. The van der Waals surface area contributed by atoms with Gasteiger partial charge >= 0.3 is 6.18 Å². The van der Waals surface area contributed by atoms with E-state index >= 15 is 0 Å². The summed E-state index contributed by atoms with van der Waals surface area (Å²) < 4.78 is 39.9. The van der Waals surface area contributed by atoms with Crippen molar-refractivity contribution in [3.05, 3.63) is 82.4 Å². The number of halogens is 3. The van der Waals surface area contributed by atoms with Crippen molar-refractivity contribution in [2.24, 2.45) is 0 Å². The van der Waals surface area contributed by atoms with Crippen LogP contribution in [0.1, 0.15) is 34.8 Å². The molecule has 29 heavy (non-hydrogen) atoms. The molecule has 1 aromatic carbocycles. The molecule has 4 rings (SSSR count). The predicted molar refractivity (Wildman–Crippen MR) is 102 cm³/mol. The number of benzene rings is 1. The molecule has 3 aromatic rings. The van der Waals surface area contributed by atoms with Crippen LogP contribution < -0.4 is 0 Å². The highest BCUT2D eigenvalue weighted by molar-refractivity contribution is 8.02. The van der Waals surface area contributed by atoms with Crippen molar-refractivity contribution < 1.29 is 13.2 Å². The topological polar surface area (TPSA) is 59.7 Å². The van der Waals surface area contributed by atoms with Crippen LogP contribution in [0, 0.1) is 0 Å². The van der Waals surface area contributed by atoms with Crippen LogP contribution in [0.25, 0.3) is 0 Å². The SMILES string of the molecule is CC1=CSC(c2nnnn2Cc2ccc(C(F)(F)F)cc2)N1Cc1cccnc1. The number of rotatable bonds is 5. The van der Waals surface area contributed by atoms with Gasteiger partial charge in [-0.25, -0.2) is 4.68 Å². The first-order valence-electron chi connectivity index (χ1n) is 8.82. The molecule has 0 amide bonds. The number of hydrogen-bond acceptors (Lipinski definition) is 6. The summed E-state index contributed by atoms with van der Waals surface area (Å²) in [4.78, 5) is 6.34. The zero-order chi connectivity index (χ0) is 20.4. The summed E-state index contributed by atoms with van der Waals surface area (Å²) in [7, 11) is 0. The number of nitrogens with zero attached hydrogens (tertiary/aromatic N) is 6. The number of tetrazole rings is 1. The number of hydrogen-bond donors (Lipinski definition) is 0. The van der Waals surface area contributed by atoms with E-state index in [-0.39, 0.29) is 11.9 Å². The van der Waals surface area contributed by atoms with E-state index < -0.39 is 11.7 Å². The van der Waals surface area contributed by atoms with E-state index in [0.717, 1.165) is 23.4 Å². The minimum Gasteiger partial charge on any atom is -0.351 e. The van der Waals surface area contributed by atoms with E-state index in [4.69, 9.17) is 0 Å². The Labute approximate surface area is 169 Å². The highest BCUT2D eigenvalue weighted by atomic mass is 32.2. The predicted octanol–water partition coefficient (Wildman–Crippen LogP) is 4.24. The van der Waals surface area contributed by atoms with E-state index in [1.54, 1.807) is 22.6 Å². The molecule has 10 heteroatoms. The van der Waals surface area contributed by atoms with Gasteiger partial charge in [0.1, 0.15) is 5.37 Å². The number of alkyl halides is 3. The normalized spacial score (nSPS) is 16.9. The van der Waals surface area contributed by atoms with Crippen LogP contribution in [0.4, 0.5) is 13.2 Å². The lowest BCUT2D eigenvalue weighted by atomic mass is 10.1. The molecular formula is C19H17F3N6S. The van der Waals surface area contributed by atoms with Crippen LogP contribution in [0.3, 0.4) is 0 Å². The van der Waals surface area contributed by atoms with Gasteiger partial charge in [0.2, 0.25) is 0 Å². The standard InChI is InChI=1S/C19H17F3N6S/c1-13-12-29-18(27(13)10-15-3-2-8-23-9-15)17-24-25-26-28(17)11-14-4-6-16(7-5-14)19(20,21)22/h2-9,12,18H,10-11H2,1H3. The van der Waals surface area contributed by atoms with Crippen LogP contribution in [-0.2, 0) is 19.3 Å². The molecule has 1 aliphatic heterocycles. The van der Waals surface area contributed by atoms with Crippen molar-refractivity contribution in [2.45, 2.75) is 31.6 Å². The van der Waals surface area contributed by atoms with Crippen LogP contribution >= 0.6 is 11.8 Å². The summed E-state index contributed by atoms with van der Waals surface area (Å²) in [6, 6.07) is 8.95. The van der Waals surface area contributed by atoms with Gasteiger partial charge in [-0.15, -0.1) is 5.10 Å². The fraction of sp³-hybridized carbons (Fsp3) is 0.263. The first-order chi connectivity index (χ1) is 13.9. The number of allylic oxidation sites excluding steroid dienone is 1. The van der Waals surface area contributed by atoms with Gasteiger partial charge in [0.25, 0.3) is 0 Å². The largest absolute Gasteiger partial charge is 0.416 e. The zero-order valence-corrected chi connectivity index (χ0v) is 16.2. The maximum Gasteiger partial charge on any atom is 0.416 e. The summed E-state index contributed by atoms with van der Waals surface area (Å²) in [6.45, 7) is 2.96. The van der Waals surface area contributed by atoms with E-state index in [0.29, 0.717) is 17.9 Å². The Balaban J connectivity index is 1.54. The second-order valence-electron chi connectivity index (χ2n) is 6.63. The lowest BCUT2D eigenvalue weighted by Gasteiger charge is -2.27. The van der Waals surface area contributed by atoms with Crippen molar-refractivity contribution >= 4 is 11.8 Å². The molecule has 6 nitrogen and oxygen atoms in total. The van der Waals surface area contributed by atoms with Crippen LogP contribution in [-0.4, -0.2) is 30.1 Å². The molecule has 0 N–H and O–H groups in total. The minimum atomic E-state index is -4.35. The molecule has 0 radical (unpaired) electrons. The fourth-order valence-corrected chi connectivity index (χ4v) is 4.20. The quantitative estimate of drug-likeness (QED) is 0.618. The van der Waals surface area contributed by atoms with E-state index in [1.807, 2.05) is 25.3 Å². The Morgan fingerprint density at radius 3 is 2.55 bits per heavy atom. The number of thioether (sulfide) groups is 1. The molecule has 0 aliphatic carbocycles. The van der Waals surface area contributed by atoms with Gasteiger partial charge in [-0.2, -0.15) is 13.2 Å². The third-order valence-corrected chi connectivity index (χ3v) is 5.77. The minimum absolute atomic E-state index is 0.125. The number of pyridine rings is 1. The Morgan fingerprint density at radius 2 is 1.86 bits per heavy atom. The summed E-state index contributed by atoms with van der Waals surface area (Å²) in [5, 5.41) is 14.0. The summed E-state index contributed by atoms with van der Waals surface area (Å²) >= 11 is 1.60. The first-order valence-corrected chi connectivity index (χ1v) is 9.76. The molecule has 0 saturated carbocycles. The third kappa shape index (κ3) is 4.26. The Kier molecular flexibility index (Phi) is 5.27. The Hall–Kier alpha value is -2.88. The van der Waals surface area contributed by atoms with E-state index in [9.17, 15) is 13.2 Å². The molecule has 0 saturated heterocycles. The van der Waals surface area contributed by atoms with Crippen LogP contribution in [0.2, 0.25) is 0 Å². The summed E-state index contributed by atoms with van der Waals surface area (Å²) in [5.74, 6) is 0.645. The highest BCUT2D eigenvalue weighted by Gasteiger charge is 2.32. The van der Waals surface area contributed by atoms with Crippen LogP contribution in [0.15, 0.2) is 59.9 Å². The molecule has 3 heterocycles. The molecule has 1 unspecified atom stereocenters. The maximum atomic E-state index is 12.8. The molecule has 150 valence electrons. The van der Waals surface area contributed by atoms with Gasteiger partial charge in [-0.05, 0) is 52.1 Å². The molecule has 1 atom stereocenters. The van der Waals surface area contributed by atoms with Crippen molar-refractivity contribution in [3.63, 3.8) is 0 Å². The maximum absolute atomic E-state index is 12.8. The number of aromatic nitrogens is 5. The summed E-state index contributed by atoms with van der Waals surface area (Å²) in [6.07, 6.45) is -0.805. The second-order valence-corrected chi connectivity index (χ2v) is 7.58. The van der Waals surface area contributed by atoms with Gasteiger partial charge in [-0.3, -0.25) is 4.98 Å². The first kappa shape index (κ1) is 19.4. The fourth-order valence-electron chi connectivity index (χ4n) is 3.06. The lowest BCUT2D eigenvalue weighted by Crippen LogP contribution is -2.24. The Morgan fingerprint density at radius 1 is 1.07 bits per heavy atom. The molecule has 0 spiro atoms. The van der Waals surface area contributed by atoms with Gasteiger partial charge in [0.15, 0.2) is 5.82 Å². The summed E-state index contributed by atoms with van der Waals surface area (Å²) in [5.41, 5.74) is 2.17. The van der Waals surface area contributed by atoms with Gasteiger partial charge < -0.3 is 4.90 Å². The lowest BCUT2D eigenvalue weighted by molar-refractivity contribution is -0.137. The molecule has 1 aliphatic rings. The second kappa shape index (κ2) is 7.86. The van der Waals surface area contributed by atoms with Crippen molar-refractivity contribution in [3.8, 4) is 0 Å². The Bertz CT molecular complexity index is 1000.